The molecule has 2 N–H and O–H groups in total. The Morgan fingerprint density at radius 2 is 1.72 bits per heavy atom. The Hall–Kier alpha value is -2.86. The van der Waals surface area contributed by atoms with E-state index in [-0.39, 0.29) is 17.9 Å². The van der Waals surface area contributed by atoms with Crippen LogP contribution >= 0.6 is 0 Å². The third-order valence-electron chi connectivity index (χ3n) is 5.90. The molecule has 1 saturated heterocycles. The summed E-state index contributed by atoms with van der Waals surface area (Å²) in [6, 6.07) is 13.9. The quantitative estimate of drug-likeness (QED) is 0.815. The summed E-state index contributed by atoms with van der Waals surface area (Å²) in [7, 11) is 0. The lowest BCUT2D eigenvalue weighted by Gasteiger charge is -2.34. The molecule has 29 heavy (non-hydrogen) atoms. The van der Waals surface area contributed by atoms with E-state index in [1.165, 1.54) is 11.1 Å². The van der Waals surface area contributed by atoms with Crippen molar-refractivity contribution >= 4 is 23.4 Å². The fraction of sp³-hybridized carbons (Fsp3) is 0.391. The van der Waals surface area contributed by atoms with Crippen LogP contribution in [0.25, 0.3) is 0 Å². The lowest BCUT2D eigenvalue weighted by molar-refractivity contribution is -0.136. The van der Waals surface area contributed by atoms with Crippen molar-refractivity contribution < 1.29 is 14.7 Å². The Labute approximate surface area is 171 Å². The van der Waals surface area contributed by atoms with E-state index in [9.17, 15) is 9.59 Å². The van der Waals surface area contributed by atoms with Crippen molar-refractivity contribution in [2.45, 2.75) is 38.6 Å². The number of aliphatic carboxylic acids is 1. The molecule has 2 aliphatic heterocycles. The van der Waals surface area contributed by atoms with E-state index in [0.717, 1.165) is 30.0 Å². The van der Waals surface area contributed by atoms with Gasteiger partial charge < -0.3 is 10.4 Å². The number of nitrogens with one attached hydrogen (secondary N) is 1. The van der Waals surface area contributed by atoms with Gasteiger partial charge in [-0.2, -0.15) is 0 Å². The number of carbonyl (C=O) groups excluding carboxylic acids is 1. The van der Waals surface area contributed by atoms with E-state index in [4.69, 9.17) is 5.11 Å². The Morgan fingerprint density at radius 3 is 2.41 bits per heavy atom. The van der Waals surface area contributed by atoms with Gasteiger partial charge in [0, 0.05) is 49.4 Å². The van der Waals surface area contributed by atoms with E-state index in [2.05, 4.69) is 31.3 Å². The second kappa shape index (κ2) is 7.52. The molecule has 6 heteroatoms. The zero-order valence-corrected chi connectivity index (χ0v) is 16.9. The summed E-state index contributed by atoms with van der Waals surface area (Å²) < 4.78 is 0. The lowest BCUT2D eigenvalue weighted by atomic mass is 9.79. The maximum atomic E-state index is 13.1. The first-order valence-corrected chi connectivity index (χ1v) is 10.1. The predicted octanol–water partition coefficient (Wildman–Crippen LogP) is 3.53. The highest BCUT2D eigenvalue weighted by atomic mass is 16.4. The minimum absolute atomic E-state index is 0.0185. The lowest BCUT2D eigenvalue weighted by Crippen LogP contribution is -2.39. The Balaban J connectivity index is 1.51. The Kier molecular flexibility index (Phi) is 5.04. The maximum absolute atomic E-state index is 13.1. The third kappa shape index (κ3) is 3.85. The van der Waals surface area contributed by atoms with Crippen molar-refractivity contribution in [3.63, 3.8) is 0 Å². The van der Waals surface area contributed by atoms with Gasteiger partial charge in [-0.25, -0.2) is 4.79 Å². The highest BCUT2D eigenvalue weighted by Gasteiger charge is 2.33. The van der Waals surface area contributed by atoms with Crippen LogP contribution in [0.5, 0.6) is 0 Å². The van der Waals surface area contributed by atoms with Crippen LogP contribution < -0.4 is 15.1 Å². The average Bonchev–Trinajstić information content (AvgIpc) is 3.08. The molecular weight excluding hydrogens is 366 g/mol. The zero-order valence-electron chi connectivity index (χ0n) is 16.9. The number of anilines is 2. The molecule has 2 heterocycles. The Bertz CT molecular complexity index is 937. The van der Waals surface area contributed by atoms with E-state index in [1.54, 1.807) is 4.90 Å². The molecule has 152 valence electrons. The molecule has 0 saturated carbocycles. The SMILES string of the molecule is CC1(C)CNCc2ccc(N3CCN(c4ccc(CCC(=O)O)cc4)C3=O)cc21. The molecule has 0 unspecified atom stereocenters. The van der Waals surface area contributed by atoms with Gasteiger partial charge in [0.2, 0.25) is 0 Å². The second-order valence-electron chi connectivity index (χ2n) is 8.47. The van der Waals surface area contributed by atoms with Gasteiger partial charge in [0.25, 0.3) is 0 Å². The molecule has 0 aliphatic carbocycles. The average molecular weight is 393 g/mol. The van der Waals surface area contributed by atoms with E-state index in [1.807, 2.05) is 35.2 Å². The first-order chi connectivity index (χ1) is 13.8. The van der Waals surface area contributed by atoms with Gasteiger partial charge in [-0.15, -0.1) is 0 Å². The number of carboxylic acids is 1. The number of carbonyl (C=O) groups is 2. The number of amides is 2. The number of fused-ring (bicyclic) bond motifs is 1. The van der Waals surface area contributed by atoms with Gasteiger partial charge in [0.05, 0.1) is 0 Å². The number of hydrogen-bond acceptors (Lipinski definition) is 3. The number of hydrogen-bond donors (Lipinski definition) is 2. The zero-order chi connectivity index (χ0) is 20.6. The molecular formula is C23H27N3O3. The van der Waals surface area contributed by atoms with Crippen molar-refractivity contribution in [2.75, 3.05) is 29.4 Å². The van der Waals surface area contributed by atoms with Gasteiger partial charge >= 0.3 is 12.0 Å². The molecule has 2 aliphatic rings. The van der Waals surface area contributed by atoms with Crippen molar-refractivity contribution in [2.24, 2.45) is 0 Å². The van der Waals surface area contributed by atoms with Gasteiger partial charge in [-0.05, 0) is 47.4 Å². The van der Waals surface area contributed by atoms with Gasteiger partial charge in [0.1, 0.15) is 0 Å². The first-order valence-electron chi connectivity index (χ1n) is 10.1. The minimum Gasteiger partial charge on any atom is -0.481 e. The Morgan fingerprint density at radius 1 is 1.07 bits per heavy atom. The maximum Gasteiger partial charge on any atom is 0.329 e. The summed E-state index contributed by atoms with van der Waals surface area (Å²) in [6.07, 6.45) is 0.607. The number of nitrogens with zero attached hydrogens (tertiary/aromatic N) is 2. The van der Waals surface area contributed by atoms with Crippen LogP contribution in [0.15, 0.2) is 42.5 Å². The third-order valence-corrected chi connectivity index (χ3v) is 5.90. The number of rotatable bonds is 5. The smallest absolute Gasteiger partial charge is 0.329 e. The molecule has 0 aromatic heterocycles. The van der Waals surface area contributed by atoms with E-state index >= 15 is 0 Å². The van der Waals surface area contributed by atoms with Crippen molar-refractivity contribution in [3.8, 4) is 0 Å². The van der Waals surface area contributed by atoms with Crippen molar-refractivity contribution in [3.05, 3.63) is 59.2 Å². The number of benzene rings is 2. The van der Waals surface area contributed by atoms with Crippen LogP contribution in [-0.2, 0) is 23.2 Å². The van der Waals surface area contributed by atoms with Crippen LogP contribution in [0.4, 0.5) is 16.2 Å². The summed E-state index contributed by atoms with van der Waals surface area (Å²) in [4.78, 5) is 27.5. The van der Waals surface area contributed by atoms with Gasteiger partial charge in [0.15, 0.2) is 0 Å². The molecule has 4 rings (SSSR count). The molecule has 0 spiro atoms. The first kappa shape index (κ1) is 19.5. The minimum atomic E-state index is -0.802. The number of urea groups is 1. The van der Waals surface area contributed by atoms with Crippen LogP contribution in [0.2, 0.25) is 0 Å². The van der Waals surface area contributed by atoms with Crippen LogP contribution in [0.3, 0.4) is 0 Å². The summed E-state index contributed by atoms with van der Waals surface area (Å²) in [6.45, 7) is 7.54. The monoisotopic (exact) mass is 393 g/mol. The van der Waals surface area contributed by atoms with Gasteiger partial charge in [-0.3, -0.25) is 14.6 Å². The van der Waals surface area contributed by atoms with Crippen molar-refractivity contribution in [1.29, 1.82) is 0 Å². The molecule has 6 nitrogen and oxygen atoms in total. The molecule has 0 bridgehead atoms. The summed E-state index contributed by atoms with van der Waals surface area (Å²) in [5.41, 5.74) is 5.40. The predicted molar refractivity (Wildman–Crippen MR) is 114 cm³/mol. The van der Waals surface area contributed by atoms with Crippen molar-refractivity contribution in [1.82, 2.24) is 5.32 Å². The summed E-state index contributed by atoms with van der Waals surface area (Å²) in [5.74, 6) is -0.802. The van der Waals surface area contributed by atoms with Gasteiger partial charge in [-0.1, -0.05) is 32.0 Å². The molecule has 2 aromatic carbocycles. The van der Waals surface area contributed by atoms with E-state index < -0.39 is 5.97 Å². The highest BCUT2D eigenvalue weighted by molar-refractivity contribution is 6.06. The highest BCUT2D eigenvalue weighted by Crippen LogP contribution is 2.34. The largest absolute Gasteiger partial charge is 0.481 e. The number of carboxylic acid groups (broad SMARTS) is 1. The topological polar surface area (TPSA) is 72.9 Å². The normalized spacial score (nSPS) is 18.1. The number of aryl methyl sites for hydroxylation is 1. The van der Waals surface area contributed by atoms with E-state index in [0.29, 0.717) is 19.5 Å². The van der Waals surface area contributed by atoms with Crippen LogP contribution in [0, 0.1) is 0 Å². The molecule has 1 fully saturated rings. The molecule has 2 amide bonds. The summed E-state index contributed by atoms with van der Waals surface area (Å²) in [5, 5.41) is 12.3. The molecule has 0 radical (unpaired) electrons. The molecule has 2 aromatic rings. The van der Waals surface area contributed by atoms with Crippen LogP contribution in [0.1, 0.15) is 37.0 Å². The van der Waals surface area contributed by atoms with Crippen LogP contribution in [-0.4, -0.2) is 36.7 Å². The summed E-state index contributed by atoms with van der Waals surface area (Å²) >= 11 is 0. The standard InChI is InChI=1S/C23H27N3O3/c1-23(2)15-24-14-17-6-9-19(13-20(17)23)26-12-11-25(22(26)29)18-7-3-16(4-8-18)5-10-21(27)28/h3-4,6-9,13,24H,5,10-12,14-15H2,1-2H3,(H,27,28). The fourth-order valence-corrected chi connectivity index (χ4v) is 4.23. The molecule has 0 atom stereocenters. The second-order valence-corrected chi connectivity index (χ2v) is 8.47. The fourth-order valence-electron chi connectivity index (χ4n) is 4.23.